The molecule has 1 rings (SSSR count). The summed E-state index contributed by atoms with van der Waals surface area (Å²) < 4.78 is 0.263. The predicted octanol–water partition coefficient (Wildman–Crippen LogP) is 5.81. The summed E-state index contributed by atoms with van der Waals surface area (Å²) in [6.07, 6.45) is 4.35. The lowest BCUT2D eigenvalue weighted by molar-refractivity contribution is -0.151. The fourth-order valence-corrected chi connectivity index (χ4v) is 8.47. The number of carboxylic acid groups (broad SMARTS) is 2. The highest BCUT2D eigenvalue weighted by atomic mass is 33.1. The van der Waals surface area contributed by atoms with Gasteiger partial charge in [0.25, 0.3) is 0 Å². The van der Waals surface area contributed by atoms with Crippen molar-refractivity contribution < 1.29 is 29.4 Å². The third-order valence-corrected chi connectivity index (χ3v) is 11.8. The number of unbranched alkanes of at least 4 members (excludes halogenated alkanes) is 1. The molecule has 0 radical (unpaired) electrons. The molecule has 202 valence electrons. The van der Waals surface area contributed by atoms with Crippen molar-refractivity contribution in [3.63, 3.8) is 0 Å². The molecular weight excluding hydrogens is 486 g/mol. The molecule has 1 aliphatic heterocycles. The Morgan fingerprint density at radius 3 is 2.11 bits per heavy atom. The highest BCUT2D eigenvalue weighted by molar-refractivity contribution is 8.77. The molecule has 1 heterocycles. The largest absolute Gasteiger partial charge is 0.481 e. The van der Waals surface area contributed by atoms with Crippen molar-refractivity contribution in [1.29, 1.82) is 0 Å². The zero-order valence-corrected chi connectivity index (χ0v) is 24.1. The number of hydrogen-bond acceptors (Lipinski definition) is 6. The van der Waals surface area contributed by atoms with E-state index in [1.54, 1.807) is 34.6 Å². The van der Waals surface area contributed by atoms with E-state index >= 15 is 0 Å². The molecule has 35 heavy (non-hydrogen) atoms. The molecule has 7 nitrogen and oxygen atoms in total. The lowest BCUT2D eigenvalue weighted by atomic mass is 9.71. The molecule has 1 saturated heterocycles. The Morgan fingerprint density at radius 1 is 1.03 bits per heavy atom. The van der Waals surface area contributed by atoms with Gasteiger partial charge in [-0.1, -0.05) is 62.6 Å². The molecule has 4 unspecified atom stereocenters. The van der Waals surface area contributed by atoms with E-state index in [0.717, 1.165) is 25.0 Å². The lowest BCUT2D eigenvalue weighted by Crippen LogP contribution is -2.52. The molecular formula is C26H45NO6S2. The van der Waals surface area contributed by atoms with Crippen molar-refractivity contribution >= 4 is 45.2 Å². The second-order valence-electron chi connectivity index (χ2n) is 11.0. The third kappa shape index (κ3) is 8.14. The van der Waals surface area contributed by atoms with E-state index in [1.165, 1.54) is 6.42 Å². The highest BCUT2D eigenvalue weighted by Gasteiger charge is 2.44. The van der Waals surface area contributed by atoms with E-state index in [-0.39, 0.29) is 23.4 Å². The van der Waals surface area contributed by atoms with Gasteiger partial charge in [-0.2, -0.15) is 0 Å². The van der Waals surface area contributed by atoms with E-state index in [4.69, 9.17) is 0 Å². The molecule has 0 bridgehead atoms. The molecule has 0 aromatic heterocycles. The molecule has 0 aliphatic carbocycles. The molecule has 0 saturated carbocycles. The maximum absolute atomic E-state index is 13.3. The Balaban J connectivity index is 2.89. The van der Waals surface area contributed by atoms with Gasteiger partial charge in [-0.05, 0) is 51.9 Å². The van der Waals surface area contributed by atoms with Gasteiger partial charge in [0.1, 0.15) is 5.78 Å². The first-order chi connectivity index (χ1) is 16.1. The maximum atomic E-state index is 13.3. The van der Waals surface area contributed by atoms with Crippen molar-refractivity contribution in [2.45, 2.75) is 111 Å². The molecule has 4 atom stereocenters. The van der Waals surface area contributed by atoms with E-state index < -0.39 is 40.6 Å². The number of amides is 1. The van der Waals surface area contributed by atoms with Crippen molar-refractivity contribution in [2.24, 2.45) is 22.7 Å². The Kier molecular flexibility index (Phi) is 12.1. The van der Waals surface area contributed by atoms with Gasteiger partial charge in [-0.25, -0.2) is 0 Å². The normalized spacial score (nSPS) is 21.8. The average Bonchev–Trinajstić information content (AvgIpc) is 3.25. The zero-order valence-electron chi connectivity index (χ0n) is 22.4. The third-order valence-electron chi connectivity index (χ3n) is 8.23. The van der Waals surface area contributed by atoms with Crippen LogP contribution in [-0.4, -0.2) is 50.4 Å². The quantitative estimate of drug-likeness (QED) is 0.169. The van der Waals surface area contributed by atoms with Crippen LogP contribution < -0.4 is 5.32 Å². The molecule has 9 heteroatoms. The van der Waals surface area contributed by atoms with Crippen LogP contribution in [0.15, 0.2) is 0 Å². The fraction of sp³-hybridized carbons (Fsp3) is 0.846. The van der Waals surface area contributed by atoms with Gasteiger partial charge in [0.2, 0.25) is 5.91 Å². The summed E-state index contributed by atoms with van der Waals surface area (Å²) >= 11 is 0. The average molecular weight is 532 g/mol. The van der Waals surface area contributed by atoms with E-state index in [9.17, 15) is 29.4 Å². The summed E-state index contributed by atoms with van der Waals surface area (Å²) in [4.78, 5) is 49.6. The molecule has 0 aromatic carbocycles. The number of hydrogen-bond donors (Lipinski definition) is 3. The summed E-state index contributed by atoms with van der Waals surface area (Å²) in [5, 5.41) is 21.7. The Bertz CT molecular complexity index is 763. The number of carbonyl (C=O) groups excluding carboxylic acids is 2. The highest BCUT2D eigenvalue weighted by Crippen LogP contribution is 2.53. The first-order valence-corrected chi connectivity index (χ1v) is 15.1. The molecule has 1 amide bonds. The number of ketones is 1. The van der Waals surface area contributed by atoms with Crippen LogP contribution in [0.25, 0.3) is 0 Å². The van der Waals surface area contributed by atoms with Crippen LogP contribution in [0.5, 0.6) is 0 Å². The van der Waals surface area contributed by atoms with Gasteiger partial charge in [0, 0.05) is 34.8 Å². The van der Waals surface area contributed by atoms with Crippen LogP contribution in [-0.2, 0) is 19.2 Å². The second kappa shape index (κ2) is 13.4. The minimum atomic E-state index is -1.16. The summed E-state index contributed by atoms with van der Waals surface area (Å²) in [7, 11) is 3.90. The monoisotopic (exact) mass is 531 g/mol. The summed E-state index contributed by atoms with van der Waals surface area (Å²) in [6.45, 7) is 12.9. The number of nitrogens with one attached hydrogen (secondary N) is 1. The van der Waals surface area contributed by atoms with Gasteiger partial charge in [0.05, 0.1) is 11.3 Å². The number of rotatable bonds is 16. The van der Waals surface area contributed by atoms with Crippen LogP contribution >= 0.6 is 21.6 Å². The second-order valence-corrected chi connectivity index (χ2v) is 13.8. The Labute approximate surface area is 218 Å². The van der Waals surface area contributed by atoms with Crippen LogP contribution in [0.2, 0.25) is 0 Å². The van der Waals surface area contributed by atoms with Crippen LogP contribution in [0.3, 0.4) is 0 Å². The van der Waals surface area contributed by atoms with Crippen molar-refractivity contribution in [3.8, 4) is 0 Å². The zero-order chi connectivity index (χ0) is 27.0. The topological polar surface area (TPSA) is 121 Å². The summed E-state index contributed by atoms with van der Waals surface area (Å²) in [5.41, 5.74) is -2.22. The van der Waals surface area contributed by atoms with Gasteiger partial charge >= 0.3 is 11.9 Å². The minimum Gasteiger partial charge on any atom is -0.481 e. The maximum Gasteiger partial charge on any atom is 0.311 e. The van der Waals surface area contributed by atoms with E-state index in [0.29, 0.717) is 18.8 Å². The van der Waals surface area contributed by atoms with Crippen LogP contribution in [0, 0.1) is 22.7 Å². The Hall–Kier alpha value is -1.22. The van der Waals surface area contributed by atoms with Gasteiger partial charge in [-0.15, -0.1) is 0 Å². The van der Waals surface area contributed by atoms with E-state index in [2.05, 4.69) is 19.2 Å². The van der Waals surface area contributed by atoms with Crippen molar-refractivity contribution in [2.75, 3.05) is 5.75 Å². The molecule has 0 aromatic rings. The molecule has 1 aliphatic rings. The molecule has 1 fully saturated rings. The molecule has 0 spiro atoms. The predicted molar refractivity (Wildman–Crippen MR) is 143 cm³/mol. The van der Waals surface area contributed by atoms with Gasteiger partial charge in [-0.3, -0.25) is 19.2 Å². The molecule has 3 N–H and O–H groups in total. The van der Waals surface area contributed by atoms with Crippen LogP contribution in [0.1, 0.15) is 99.8 Å². The minimum absolute atomic E-state index is 0.0207. The first kappa shape index (κ1) is 31.8. The number of carboxylic acids is 2. The SMILES string of the molecule is CCC(C)(C(=O)O)C(C)NC(=O)C(CCC(=O)O)C(C)(C)C(=O)CCCCC1(C(C)C)CCSS1. The smallest absolute Gasteiger partial charge is 0.311 e. The summed E-state index contributed by atoms with van der Waals surface area (Å²) in [6, 6.07) is -0.676. The fourth-order valence-electron chi connectivity index (χ4n) is 4.69. The lowest BCUT2D eigenvalue weighted by Gasteiger charge is -2.36. The Morgan fingerprint density at radius 2 is 1.66 bits per heavy atom. The van der Waals surface area contributed by atoms with Crippen molar-refractivity contribution in [1.82, 2.24) is 5.32 Å². The standard InChI is InChI=1S/C26H45NO6S2/c1-8-25(7,23(32)33)18(4)27-22(31)19(12-13-21(29)30)24(5,6)20(28)11-9-10-14-26(17(2)3)15-16-34-35-26/h17-19H,8-16H2,1-7H3,(H,27,31)(H,29,30)(H,32,33). The van der Waals surface area contributed by atoms with Crippen molar-refractivity contribution in [3.05, 3.63) is 0 Å². The van der Waals surface area contributed by atoms with Gasteiger partial charge < -0.3 is 15.5 Å². The number of aliphatic carboxylic acids is 2. The van der Waals surface area contributed by atoms with Crippen LogP contribution in [0.4, 0.5) is 0 Å². The van der Waals surface area contributed by atoms with Gasteiger partial charge in [0.15, 0.2) is 0 Å². The summed E-state index contributed by atoms with van der Waals surface area (Å²) in [5.74, 6) is -1.69. The first-order valence-electron chi connectivity index (χ1n) is 12.7. The number of carbonyl (C=O) groups is 4. The van der Waals surface area contributed by atoms with E-state index in [1.807, 2.05) is 21.6 Å². The number of Topliss-reactive ketones (excluding diaryl/α,β-unsaturated/α-hetero) is 1.